The minimum absolute atomic E-state index is 0.610. The van der Waals surface area contributed by atoms with Crippen LogP contribution in [0.3, 0.4) is 0 Å². The van der Waals surface area contributed by atoms with E-state index in [1.54, 1.807) is 0 Å². The van der Waals surface area contributed by atoms with Crippen LogP contribution in [0.5, 0.6) is 0 Å². The minimum Gasteiger partial charge on any atom is -0.382 e. The van der Waals surface area contributed by atoms with E-state index in [4.69, 9.17) is 23.2 Å². The number of anilines is 1. The molecule has 21 heavy (non-hydrogen) atoms. The quantitative estimate of drug-likeness (QED) is 0.664. The zero-order valence-corrected chi connectivity index (χ0v) is 14.1. The zero-order valence-electron chi connectivity index (χ0n) is 12.6. The fraction of sp³-hybridized carbons (Fsp3) is 0.667. The van der Waals surface area contributed by atoms with Crippen LogP contribution in [0.25, 0.3) is 0 Å². The lowest BCUT2D eigenvalue weighted by atomic mass is 9.71. The normalized spacial score (nSPS) is 27.5. The molecule has 1 aromatic rings. The first kappa shape index (κ1) is 15.5. The van der Waals surface area contributed by atoms with Crippen molar-refractivity contribution in [2.24, 2.45) is 11.8 Å². The molecule has 0 heterocycles. The van der Waals surface area contributed by atoms with Gasteiger partial charge in [0.15, 0.2) is 0 Å². The smallest absolute Gasteiger partial charge is 0.0612 e. The van der Waals surface area contributed by atoms with E-state index in [0.717, 1.165) is 17.5 Å². The summed E-state index contributed by atoms with van der Waals surface area (Å²) in [6.07, 6.45) is 12.6. The molecule has 0 aromatic heterocycles. The number of nitrogens with one attached hydrogen (secondary N) is 1. The van der Waals surface area contributed by atoms with Gasteiger partial charge in [0.25, 0.3) is 0 Å². The van der Waals surface area contributed by atoms with Crippen molar-refractivity contribution >= 4 is 28.9 Å². The summed E-state index contributed by atoms with van der Waals surface area (Å²) >= 11 is 12.2. The van der Waals surface area contributed by atoms with Crippen LogP contribution in [-0.4, -0.2) is 6.04 Å². The van der Waals surface area contributed by atoms with E-state index in [-0.39, 0.29) is 0 Å². The van der Waals surface area contributed by atoms with E-state index in [0.29, 0.717) is 16.1 Å². The summed E-state index contributed by atoms with van der Waals surface area (Å²) in [6.45, 7) is 0. The Balaban J connectivity index is 1.69. The van der Waals surface area contributed by atoms with Crippen molar-refractivity contribution in [1.82, 2.24) is 0 Å². The maximum absolute atomic E-state index is 6.14. The van der Waals surface area contributed by atoms with E-state index in [9.17, 15) is 0 Å². The van der Waals surface area contributed by atoms with Gasteiger partial charge in [-0.2, -0.15) is 0 Å². The molecule has 2 saturated carbocycles. The Kier molecular flexibility index (Phi) is 5.34. The molecule has 3 rings (SSSR count). The first-order valence-electron chi connectivity index (χ1n) is 8.45. The van der Waals surface area contributed by atoms with Gasteiger partial charge >= 0.3 is 0 Å². The van der Waals surface area contributed by atoms with Gasteiger partial charge < -0.3 is 5.32 Å². The summed E-state index contributed by atoms with van der Waals surface area (Å²) in [5, 5.41) is 5.03. The van der Waals surface area contributed by atoms with Gasteiger partial charge in [-0.15, -0.1) is 0 Å². The number of benzene rings is 1. The number of rotatable bonds is 3. The van der Waals surface area contributed by atoms with Gasteiger partial charge in [-0.25, -0.2) is 0 Å². The molecule has 2 atom stereocenters. The Morgan fingerprint density at radius 2 is 1.52 bits per heavy atom. The number of halogens is 2. The Bertz CT molecular complexity index is 468. The SMILES string of the molecule is Clc1ccc(NC2CCCCC2C2CCCCC2)cc1Cl. The molecule has 1 N–H and O–H groups in total. The lowest BCUT2D eigenvalue weighted by Crippen LogP contribution is -2.37. The predicted octanol–water partition coefficient (Wildman–Crippen LogP) is 6.54. The molecule has 0 radical (unpaired) electrons. The summed E-state index contributed by atoms with van der Waals surface area (Å²) in [5.74, 6) is 1.77. The lowest BCUT2D eigenvalue weighted by Gasteiger charge is -2.40. The van der Waals surface area contributed by atoms with Gasteiger partial charge in [0.2, 0.25) is 0 Å². The van der Waals surface area contributed by atoms with E-state index >= 15 is 0 Å². The number of hydrogen-bond acceptors (Lipinski definition) is 1. The highest BCUT2D eigenvalue weighted by Gasteiger charge is 2.32. The largest absolute Gasteiger partial charge is 0.382 e. The third kappa shape index (κ3) is 3.87. The monoisotopic (exact) mass is 325 g/mol. The van der Waals surface area contributed by atoms with Crippen LogP contribution in [0.1, 0.15) is 57.8 Å². The third-order valence-electron chi connectivity index (χ3n) is 5.35. The maximum atomic E-state index is 6.14. The van der Waals surface area contributed by atoms with Crippen LogP contribution in [-0.2, 0) is 0 Å². The Morgan fingerprint density at radius 3 is 2.29 bits per heavy atom. The fourth-order valence-electron chi connectivity index (χ4n) is 4.27. The Labute approximate surface area is 138 Å². The van der Waals surface area contributed by atoms with Crippen molar-refractivity contribution in [3.05, 3.63) is 28.2 Å². The summed E-state index contributed by atoms with van der Waals surface area (Å²) in [7, 11) is 0. The molecule has 0 saturated heterocycles. The second-order valence-electron chi connectivity index (χ2n) is 6.73. The molecule has 0 bridgehead atoms. The zero-order chi connectivity index (χ0) is 14.7. The highest BCUT2D eigenvalue weighted by atomic mass is 35.5. The topological polar surface area (TPSA) is 12.0 Å². The molecule has 1 aromatic carbocycles. The molecule has 2 aliphatic rings. The van der Waals surface area contributed by atoms with E-state index < -0.39 is 0 Å². The Morgan fingerprint density at radius 1 is 0.810 bits per heavy atom. The van der Waals surface area contributed by atoms with Gasteiger partial charge in [0.05, 0.1) is 10.0 Å². The molecule has 2 fully saturated rings. The molecule has 1 nitrogen and oxygen atoms in total. The molecule has 3 heteroatoms. The van der Waals surface area contributed by atoms with Crippen LogP contribution in [0, 0.1) is 11.8 Å². The van der Waals surface area contributed by atoms with Crippen LogP contribution in [0.2, 0.25) is 10.0 Å². The molecule has 2 aliphatic carbocycles. The van der Waals surface area contributed by atoms with Gasteiger partial charge in [-0.3, -0.25) is 0 Å². The lowest BCUT2D eigenvalue weighted by molar-refractivity contribution is 0.180. The average Bonchev–Trinajstić information content (AvgIpc) is 2.52. The predicted molar refractivity (Wildman–Crippen MR) is 92.4 cm³/mol. The van der Waals surface area contributed by atoms with E-state index in [1.165, 1.54) is 57.8 Å². The minimum atomic E-state index is 0.610. The van der Waals surface area contributed by atoms with E-state index in [2.05, 4.69) is 11.4 Å². The highest BCUT2D eigenvalue weighted by Crippen LogP contribution is 2.39. The van der Waals surface area contributed by atoms with Crippen LogP contribution >= 0.6 is 23.2 Å². The van der Waals surface area contributed by atoms with Gasteiger partial charge in [0, 0.05) is 11.7 Å². The van der Waals surface area contributed by atoms with Crippen molar-refractivity contribution in [3.8, 4) is 0 Å². The summed E-state index contributed by atoms with van der Waals surface area (Å²) < 4.78 is 0. The molecular weight excluding hydrogens is 301 g/mol. The van der Waals surface area contributed by atoms with Crippen molar-refractivity contribution in [1.29, 1.82) is 0 Å². The van der Waals surface area contributed by atoms with Crippen LogP contribution in [0.15, 0.2) is 18.2 Å². The van der Waals surface area contributed by atoms with Crippen molar-refractivity contribution < 1.29 is 0 Å². The van der Waals surface area contributed by atoms with Crippen molar-refractivity contribution in [2.45, 2.75) is 63.8 Å². The standard InChI is InChI=1S/C18H25Cl2N/c19-16-11-10-14(12-17(16)20)21-18-9-5-4-8-15(18)13-6-2-1-3-7-13/h10-13,15,18,21H,1-9H2. The van der Waals surface area contributed by atoms with Gasteiger partial charge in [-0.1, -0.05) is 68.1 Å². The molecule has 0 aliphatic heterocycles. The Hall–Kier alpha value is -0.400. The first-order valence-corrected chi connectivity index (χ1v) is 9.21. The van der Waals surface area contributed by atoms with Gasteiger partial charge in [0.1, 0.15) is 0 Å². The molecule has 0 amide bonds. The van der Waals surface area contributed by atoms with E-state index in [1.807, 2.05) is 12.1 Å². The molecular formula is C18H25Cl2N. The number of hydrogen-bond donors (Lipinski definition) is 1. The summed E-state index contributed by atoms with van der Waals surface area (Å²) in [5.41, 5.74) is 1.12. The summed E-state index contributed by atoms with van der Waals surface area (Å²) in [4.78, 5) is 0. The highest BCUT2D eigenvalue weighted by molar-refractivity contribution is 6.42. The van der Waals surface area contributed by atoms with Crippen LogP contribution in [0.4, 0.5) is 5.69 Å². The second-order valence-corrected chi connectivity index (χ2v) is 7.54. The molecule has 116 valence electrons. The summed E-state index contributed by atoms with van der Waals surface area (Å²) in [6, 6.07) is 6.53. The fourth-order valence-corrected chi connectivity index (χ4v) is 4.56. The van der Waals surface area contributed by atoms with Crippen molar-refractivity contribution in [2.75, 3.05) is 5.32 Å². The van der Waals surface area contributed by atoms with Gasteiger partial charge in [-0.05, 0) is 42.9 Å². The molecule has 2 unspecified atom stereocenters. The third-order valence-corrected chi connectivity index (χ3v) is 6.09. The van der Waals surface area contributed by atoms with Crippen LogP contribution < -0.4 is 5.32 Å². The molecule has 0 spiro atoms. The second kappa shape index (κ2) is 7.24. The first-order chi connectivity index (χ1) is 10.2. The van der Waals surface area contributed by atoms with Crippen molar-refractivity contribution in [3.63, 3.8) is 0 Å². The average molecular weight is 326 g/mol. The maximum Gasteiger partial charge on any atom is 0.0612 e.